The van der Waals surface area contributed by atoms with Crippen LogP contribution < -0.4 is 11.1 Å². The summed E-state index contributed by atoms with van der Waals surface area (Å²) in [6.45, 7) is 1.93. The predicted molar refractivity (Wildman–Crippen MR) is 113 cm³/mol. The van der Waals surface area contributed by atoms with Crippen LogP contribution >= 0.6 is 23.4 Å². The fourth-order valence-corrected chi connectivity index (χ4v) is 3.32. The largest absolute Gasteiger partial charge is 0.411 e. The second-order valence-electron chi connectivity index (χ2n) is 6.01. The standard InChI is InChI=1S/C19H16ClN7OS/c1-11(29-19-27-26-16(28-19)12-7-9-13(20)10-8-12)15-23-17(21)25-18(24-15)22-14-5-3-2-4-6-14/h2-11H,1H3,(H3,21,22,23,24,25)/t11-/m0/s1. The minimum atomic E-state index is -0.185. The van der Waals surface area contributed by atoms with Crippen molar-refractivity contribution in [2.24, 2.45) is 0 Å². The molecule has 3 N–H and O–H groups in total. The summed E-state index contributed by atoms with van der Waals surface area (Å²) in [4.78, 5) is 12.8. The maximum Gasteiger partial charge on any atom is 0.277 e. The van der Waals surface area contributed by atoms with Crippen LogP contribution in [-0.4, -0.2) is 25.1 Å². The van der Waals surface area contributed by atoms with Crippen LogP contribution in [-0.2, 0) is 0 Å². The number of hydrogen-bond donors (Lipinski definition) is 2. The lowest BCUT2D eigenvalue weighted by atomic mass is 10.2. The fourth-order valence-electron chi connectivity index (χ4n) is 2.47. The molecule has 4 aromatic rings. The molecule has 146 valence electrons. The molecular weight excluding hydrogens is 410 g/mol. The highest BCUT2D eigenvalue weighted by Crippen LogP contribution is 2.34. The Labute approximate surface area is 176 Å². The van der Waals surface area contributed by atoms with Gasteiger partial charge in [0.25, 0.3) is 5.22 Å². The quantitative estimate of drug-likeness (QED) is 0.422. The number of aromatic nitrogens is 5. The Morgan fingerprint density at radius 1 is 1.00 bits per heavy atom. The Bertz CT molecular complexity index is 1110. The van der Waals surface area contributed by atoms with Gasteiger partial charge in [0.2, 0.25) is 17.8 Å². The zero-order chi connectivity index (χ0) is 20.2. The molecular formula is C19H16ClN7OS. The van der Waals surface area contributed by atoms with Gasteiger partial charge < -0.3 is 15.5 Å². The zero-order valence-corrected chi connectivity index (χ0v) is 16.9. The number of halogens is 1. The fraction of sp³-hybridized carbons (Fsp3) is 0.105. The molecule has 0 amide bonds. The van der Waals surface area contributed by atoms with Gasteiger partial charge in [-0.1, -0.05) is 41.6 Å². The molecule has 0 radical (unpaired) electrons. The van der Waals surface area contributed by atoms with Crippen molar-refractivity contribution in [2.45, 2.75) is 17.4 Å². The van der Waals surface area contributed by atoms with E-state index in [0.29, 0.717) is 27.9 Å². The van der Waals surface area contributed by atoms with Gasteiger partial charge in [-0.05, 0) is 43.3 Å². The first kappa shape index (κ1) is 19.2. The summed E-state index contributed by atoms with van der Waals surface area (Å²) in [7, 11) is 0. The summed E-state index contributed by atoms with van der Waals surface area (Å²) >= 11 is 7.25. The van der Waals surface area contributed by atoms with Gasteiger partial charge in [0.05, 0.1) is 5.25 Å². The minimum absolute atomic E-state index is 0.133. The average Bonchev–Trinajstić information content (AvgIpc) is 3.17. The van der Waals surface area contributed by atoms with E-state index in [1.54, 1.807) is 12.1 Å². The molecule has 0 aliphatic heterocycles. The number of thioether (sulfide) groups is 1. The van der Waals surface area contributed by atoms with Crippen molar-refractivity contribution >= 4 is 40.9 Å². The normalized spacial score (nSPS) is 11.9. The van der Waals surface area contributed by atoms with Gasteiger partial charge in [0.1, 0.15) is 5.82 Å². The van der Waals surface area contributed by atoms with Crippen molar-refractivity contribution in [3.8, 4) is 11.5 Å². The molecule has 8 nitrogen and oxygen atoms in total. The number of para-hydroxylation sites is 1. The van der Waals surface area contributed by atoms with E-state index in [4.69, 9.17) is 21.8 Å². The predicted octanol–water partition coefficient (Wildman–Crippen LogP) is 4.75. The van der Waals surface area contributed by atoms with Gasteiger partial charge >= 0.3 is 0 Å². The van der Waals surface area contributed by atoms with Crippen LogP contribution in [0.3, 0.4) is 0 Å². The van der Waals surface area contributed by atoms with Gasteiger partial charge in [-0.2, -0.15) is 15.0 Å². The third kappa shape index (κ3) is 4.82. The molecule has 0 fully saturated rings. The van der Waals surface area contributed by atoms with Gasteiger partial charge in [-0.3, -0.25) is 0 Å². The first-order valence-corrected chi connectivity index (χ1v) is 9.92. The second kappa shape index (κ2) is 8.46. The van der Waals surface area contributed by atoms with E-state index in [9.17, 15) is 0 Å². The van der Waals surface area contributed by atoms with Gasteiger partial charge in [-0.25, -0.2) is 0 Å². The highest BCUT2D eigenvalue weighted by molar-refractivity contribution is 7.99. The van der Waals surface area contributed by atoms with E-state index < -0.39 is 0 Å². The molecule has 0 spiro atoms. The van der Waals surface area contributed by atoms with Crippen molar-refractivity contribution in [1.82, 2.24) is 25.1 Å². The monoisotopic (exact) mass is 425 g/mol. The highest BCUT2D eigenvalue weighted by atomic mass is 35.5. The van der Waals surface area contributed by atoms with Gasteiger partial charge in [0, 0.05) is 16.3 Å². The smallest absolute Gasteiger partial charge is 0.277 e. The zero-order valence-electron chi connectivity index (χ0n) is 15.3. The van der Waals surface area contributed by atoms with Crippen LogP contribution in [0.15, 0.2) is 64.2 Å². The third-order valence-electron chi connectivity index (χ3n) is 3.84. The van der Waals surface area contributed by atoms with Crippen molar-refractivity contribution in [3.05, 3.63) is 65.4 Å². The molecule has 0 aliphatic rings. The molecule has 10 heteroatoms. The van der Waals surface area contributed by atoms with E-state index in [0.717, 1.165) is 11.3 Å². The van der Waals surface area contributed by atoms with Crippen LogP contribution in [0.1, 0.15) is 18.0 Å². The van der Waals surface area contributed by atoms with Crippen LogP contribution in [0, 0.1) is 0 Å². The molecule has 4 rings (SSSR count). The second-order valence-corrected chi connectivity index (χ2v) is 7.74. The first-order chi connectivity index (χ1) is 14.1. The summed E-state index contributed by atoms with van der Waals surface area (Å²) in [5.74, 6) is 1.43. The van der Waals surface area contributed by atoms with E-state index in [1.807, 2.05) is 49.4 Å². The van der Waals surface area contributed by atoms with Crippen molar-refractivity contribution in [1.29, 1.82) is 0 Å². The molecule has 0 aliphatic carbocycles. The summed E-state index contributed by atoms with van der Waals surface area (Å²) in [5, 5.41) is 12.2. The van der Waals surface area contributed by atoms with E-state index >= 15 is 0 Å². The number of rotatable bonds is 6. The van der Waals surface area contributed by atoms with Gasteiger partial charge in [0.15, 0.2) is 0 Å². The van der Waals surface area contributed by atoms with Crippen molar-refractivity contribution in [2.75, 3.05) is 11.1 Å². The van der Waals surface area contributed by atoms with E-state index in [1.165, 1.54) is 11.8 Å². The Balaban J connectivity index is 1.50. The molecule has 2 heterocycles. The number of nitrogens with zero attached hydrogens (tertiary/aromatic N) is 5. The molecule has 0 saturated heterocycles. The SMILES string of the molecule is C[C@H](Sc1nnc(-c2ccc(Cl)cc2)o1)c1nc(N)nc(Nc2ccccc2)n1. The topological polar surface area (TPSA) is 116 Å². The van der Waals surface area contributed by atoms with E-state index in [2.05, 4.69) is 30.5 Å². The molecule has 0 saturated carbocycles. The Hall–Kier alpha value is -3.17. The summed E-state index contributed by atoms with van der Waals surface area (Å²) < 4.78 is 5.74. The summed E-state index contributed by atoms with van der Waals surface area (Å²) in [6.07, 6.45) is 0. The lowest BCUT2D eigenvalue weighted by Crippen LogP contribution is -2.08. The third-order valence-corrected chi connectivity index (χ3v) is 5.02. The van der Waals surface area contributed by atoms with E-state index in [-0.39, 0.29) is 11.2 Å². The Morgan fingerprint density at radius 2 is 1.76 bits per heavy atom. The van der Waals surface area contributed by atoms with Crippen molar-refractivity contribution in [3.63, 3.8) is 0 Å². The molecule has 0 unspecified atom stereocenters. The molecule has 2 aromatic carbocycles. The number of hydrogen-bond acceptors (Lipinski definition) is 9. The number of benzene rings is 2. The highest BCUT2D eigenvalue weighted by Gasteiger charge is 2.18. The van der Waals surface area contributed by atoms with Crippen LogP contribution in [0.2, 0.25) is 5.02 Å². The van der Waals surface area contributed by atoms with Crippen molar-refractivity contribution < 1.29 is 4.42 Å². The minimum Gasteiger partial charge on any atom is -0.411 e. The lowest BCUT2D eigenvalue weighted by Gasteiger charge is -2.10. The molecule has 29 heavy (non-hydrogen) atoms. The number of anilines is 3. The summed E-state index contributed by atoms with van der Waals surface area (Å²) in [5.41, 5.74) is 7.51. The molecule has 2 aromatic heterocycles. The number of nitrogen functional groups attached to an aromatic ring is 1. The van der Waals surface area contributed by atoms with Crippen LogP contribution in [0.4, 0.5) is 17.6 Å². The average molecular weight is 426 g/mol. The number of nitrogens with one attached hydrogen (secondary N) is 1. The maximum absolute atomic E-state index is 5.91. The van der Waals surface area contributed by atoms with Gasteiger partial charge in [-0.15, -0.1) is 10.2 Å². The Kier molecular flexibility index (Phi) is 5.59. The van der Waals surface area contributed by atoms with Crippen LogP contribution in [0.25, 0.3) is 11.5 Å². The number of nitrogens with two attached hydrogens (primary N) is 1. The molecule has 0 bridgehead atoms. The summed E-state index contributed by atoms with van der Waals surface area (Å²) in [6, 6.07) is 16.8. The van der Waals surface area contributed by atoms with Crippen LogP contribution in [0.5, 0.6) is 0 Å². The Morgan fingerprint density at radius 3 is 2.52 bits per heavy atom. The first-order valence-electron chi connectivity index (χ1n) is 8.66. The maximum atomic E-state index is 5.91. The molecule has 1 atom stereocenters. The lowest BCUT2D eigenvalue weighted by molar-refractivity contribution is 0.465.